The Hall–Kier alpha value is -1.73. The molecule has 2 heteroatoms. The Morgan fingerprint density at radius 1 is 1.06 bits per heavy atom. The number of benzene rings is 2. The van der Waals surface area contributed by atoms with E-state index in [-0.39, 0.29) is 6.10 Å². The molecule has 90 valence electrons. The first-order valence-corrected chi connectivity index (χ1v) is 6.32. The fourth-order valence-electron chi connectivity index (χ4n) is 2.13. The summed E-state index contributed by atoms with van der Waals surface area (Å²) >= 11 is 6.34. The van der Waals surface area contributed by atoms with Gasteiger partial charge in [0.15, 0.2) is 0 Å². The Morgan fingerprint density at radius 2 is 1.83 bits per heavy atom. The third kappa shape index (κ3) is 2.02. The van der Waals surface area contributed by atoms with Crippen molar-refractivity contribution in [1.29, 1.82) is 0 Å². The monoisotopic (exact) mass is 256 g/mol. The Bertz CT molecular complexity index is 602. The van der Waals surface area contributed by atoms with Gasteiger partial charge in [0.2, 0.25) is 0 Å². The minimum atomic E-state index is -0.103. The van der Waals surface area contributed by atoms with Crippen molar-refractivity contribution >= 4 is 16.6 Å². The van der Waals surface area contributed by atoms with Crippen LogP contribution in [0.3, 0.4) is 0 Å². The van der Waals surface area contributed by atoms with Crippen molar-refractivity contribution in [2.45, 2.75) is 13.0 Å². The lowest BCUT2D eigenvalue weighted by atomic mass is 10.0. The minimum Gasteiger partial charge on any atom is -0.481 e. The van der Waals surface area contributed by atoms with E-state index in [9.17, 15) is 0 Å². The second-order valence-corrected chi connectivity index (χ2v) is 4.87. The highest BCUT2D eigenvalue weighted by molar-refractivity contribution is 6.49. The number of aryl methyl sites for hydroxylation is 1. The molecule has 0 saturated heterocycles. The van der Waals surface area contributed by atoms with Crippen LogP contribution < -0.4 is 4.74 Å². The molecule has 2 aromatic rings. The molecule has 1 unspecified atom stereocenters. The molecule has 1 aliphatic rings. The van der Waals surface area contributed by atoms with Gasteiger partial charge in [-0.05, 0) is 30.7 Å². The van der Waals surface area contributed by atoms with Gasteiger partial charge in [-0.15, -0.1) is 0 Å². The lowest BCUT2D eigenvalue weighted by Crippen LogP contribution is -2.10. The third-order valence-corrected chi connectivity index (χ3v) is 3.40. The summed E-state index contributed by atoms with van der Waals surface area (Å²) in [5.74, 6) is 0.849. The van der Waals surface area contributed by atoms with E-state index in [2.05, 4.69) is 6.07 Å². The topological polar surface area (TPSA) is 9.23 Å². The second kappa shape index (κ2) is 4.51. The predicted octanol–water partition coefficient (Wildman–Crippen LogP) is 4.71. The summed E-state index contributed by atoms with van der Waals surface area (Å²) < 4.78 is 5.98. The number of fused-ring (bicyclic) bond motifs is 1. The van der Waals surface area contributed by atoms with Gasteiger partial charge in [0, 0.05) is 5.56 Å². The van der Waals surface area contributed by atoms with E-state index in [0.29, 0.717) is 0 Å². The molecule has 0 saturated carbocycles. The molecule has 1 atom stereocenters. The maximum Gasteiger partial charge on any atom is 0.144 e. The molecule has 0 aliphatic carbocycles. The largest absolute Gasteiger partial charge is 0.481 e. The van der Waals surface area contributed by atoms with Crippen molar-refractivity contribution < 1.29 is 4.74 Å². The summed E-state index contributed by atoms with van der Waals surface area (Å²) in [6.45, 7) is 2.05. The van der Waals surface area contributed by atoms with Gasteiger partial charge in [-0.1, -0.05) is 53.6 Å². The molecule has 18 heavy (non-hydrogen) atoms. The molecule has 0 radical (unpaired) electrons. The zero-order valence-electron chi connectivity index (χ0n) is 10.1. The van der Waals surface area contributed by atoms with E-state index in [1.807, 2.05) is 55.5 Å². The molecule has 3 rings (SSSR count). The number of hydrogen-bond acceptors (Lipinski definition) is 1. The van der Waals surface area contributed by atoms with Crippen LogP contribution in [0.4, 0.5) is 0 Å². The molecule has 0 fully saturated rings. The van der Waals surface area contributed by atoms with E-state index in [4.69, 9.17) is 16.3 Å². The van der Waals surface area contributed by atoms with Crippen LogP contribution in [0.1, 0.15) is 22.8 Å². The van der Waals surface area contributed by atoms with Gasteiger partial charge in [0.05, 0.1) is 5.03 Å². The molecule has 0 N–H and O–H groups in total. The van der Waals surface area contributed by atoms with Crippen LogP contribution in [-0.4, -0.2) is 0 Å². The smallest absolute Gasteiger partial charge is 0.144 e. The normalized spacial score (nSPS) is 17.7. The molecule has 0 amide bonds. The molecule has 0 bridgehead atoms. The quantitative estimate of drug-likeness (QED) is 0.718. The van der Waals surface area contributed by atoms with Crippen LogP contribution in [0.2, 0.25) is 0 Å². The Labute approximate surface area is 112 Å². The summed E-state index contributed by atoms with van der Waals surface area (Å²) in [7, 11) is 0. The maximum absolute atomic E-state index is 6.34. The van der Waals surface area contributed by atoms with Gasteiger partial charge in [-0.2, -0.15) is 0 Å². The van der Waals surface area contributed by atoms with Gasteiger partial charge in [0.25, 0.3) is 0 Å². The molecule has 0 spiro atoms. The highest BCUT2D eigenvalue weighted by Crippen LogP contribution is 2.39. The second-order valence-electron chi connectivity index (χ2n) is 4.46. The first-order chi connectivity index (χ1) is 8.74. The predicted molar refractivity (Wildman–Crippen MR) is 74.8 cm³/mol. The summed E-state index contributed by atoms with van der Waals surface area (Å²) in [6, 6.07) is 16.2. The summed E-state index contributed by atoms with van der Waals surface area (Å²) in [5, 5.41) is 0.758. The first kappa shape index (κ1) is 11.4. The Morgan fingerprint density at radius 3 is 2.61 bits per heavy atom. The number of halogens is 1. The molecule has 1 nitrogen and oxygen atoms in total. The van der Waals surface area contributed by atoms with Crippen molar-refractivity contribution in [3.05, 3.63) is 71.3 Å². The van der Waals surface area contributed by atoms with Gasteiger partial charge in [-0.25, -0.2) is 0 Å². The average molecular weight is 257 g/mol. The summed E-state index contributed by atoms with van der Waals surface area (Å²) in [4.78, 5) is 0. The first-order valence-electron chi connectivity index (χ1n) is 5.94. The highest BCUT2D eigenvalue weighted by Gasteiger charge is 2.20. The zero-order valence-corrected chi connectivity index (χ0v) is 10.8. The standard InChI is InChI=1S/C16H13ClO/c1-11-7-8-15-13(9-11)14(17)10-16(18-15)12-5-3-2-4-6-12/h2-10,16H,1H3. The fraction of sp³-hybridized carbons (Fsp3) is 0.125. The minimum absolute atomic E-state index is 0.103. The van der Waals surface area contributed by atoms with Gasteiger partial charge in [-0.3, -0.25) is 0 Å². The SMILES string of the molecule is Cc1ccc2c(c1)C(Cl)=CC(c1ccccc1)O2. The van der Waals surface area contributed by atoms with Crippen LogP contribution in [0, 0.1) is 6.92 Å². The Balaban J connectivity index is 2.02. The maximum atomic E-state index is 6.34. The third-order valence-electron chi connectivity index (χ3n) is 3.07. The van der Waals surface area contributed by atoms with Crippen LogP contribution in [0.15, 0.2) is 54.6 Å². The van der Waals surface area contributed by atoms with Crippen molar-refractivity contribution in [3.8, 4) is 5.75 Å². The van der Waals surface area contributed by atoms with Crippen molar-refractivity contribution in [2.75, 3.05) is 0 Å². The highest BCUT2D eigenvalue weighted by atomic mass is 35.5. The van der Waals surface area contributed by atoms with E-state index < -0.39 is 0 Å². The Kier molecular flexibility index (Phi) is 2.85. The zero-order chi connectivity index (χ0) is 12.5. The molecular weight excluding hydrogens is 244 g/mol. The molecule has 1 heterocycles. The number of hydrogen-bond donors (Lipinski definition) is 0. The lowest BCUT2D eigenvalue weighted by molar-refractivity contribution is 0.251. The summed E-state index contributed by atoms with van der Waals surface area (Å²) in [5.41, 5.74) is 3.27. The van der Waals surface area contributed by atoms with Crippen LogP contribution in [-0.2, 0) is 0 Å². The van der Waals surface area contributed by atoms with E-state index in [1.165, 1.54) is 5.56 Å². The average Bonchev–Trinajstić information content (AvgIpc) is 2.40. The molecule has 1 aliphatic heterocycles. The van der Waals surface area contributed by atoms with Crippen LogP contribution >= 0.6 is 11.6 Å². The van der Waals surface area contributed by atoms with Crippen molar-refractivity contribution in [1.82, 2.24) is 0 Å². The summed E-state index contributed by atoms with van der Waals surface area (Å²) in [6.07, 6.45) is 1.85. The molecule has 2 aromatic carbocycles. The fourth-order valence-corrected chi connectivity index (χ4v) is 2.40. The molecule has 0 aromatic heterocycles. The van der Waals surface area contributed by atoms with E-state index in [0.717, 1.165) is 21.9 Å². The van der Waals surface area contributed by atoms with Crippen LogP contribution in [0.5, 0.6) is 5.75 Å². The van der Waals surface area contributed by atoms with E-state index >= 15 is 0 Å². The van der Waals surface area contributed by atoms with Crippen LogP contribution in [0.25, 0.3) is 5.03 Å². The van der Waals surface area contributed by atoms with Gasteiger partial charge >= 0.3 is 0 Å². The molecular formula is C16H13ClO. The number of rotatable bonds is 1. The van der Waals surface area contributed by atoms with E-state index in [1.54, 1.807) is 0 Å². The van der Waals surface area contributed by atoms with Crippen molar-refractivity contribution in [2.24, 2.45) is 0 Å². The van der Waals surface area contributed by atoms with Gasteiger partial charge in [0.1, 0.15) is 11.9 Å². The lowest BCUT2D eigenvalue weighted by Gasteiger charge is -2.24. The van der Waals surface area contributed by atoms with Gasteiger partial charge < -0.3 is 4.74 Å². The number of ether oxygens (including phenoxy) is 1. The van der Waals surface area contributed by atoms with Crippen molar-refractivity contribution in [3.63, 3.8) is 0 Å².